The summed E-state index contributed by atoms with van der Waals surface area (Å²) in [5, 5.41) is 14.0. The van der Waals surface area contributed by atoms with Crippen molar-refractivity contribution in [2.24, 2.45) is 0 Å². The lowest BCUT2D eigenvalue weighted by molar-refractivity contribution is -0.141. The molecule has 2 aromatic rings. The zero-order valence-electron chi connectivity index (χ0n) is 21.3. The molecule has 0 spiro atoms. The van der Waals surface area contributed by atoms with Crippen LogP contribution in [-0.2, 0) is 27.1 Å². The van der Waals surface area contributed by atoms with E-state index in [-0.39, 0.29) is 50.4 Å². The van der Waals surface area contributed by atoms with Gasteiger partial charge in [-0.2, -0.15) is 18.3 Å². The van der Waals surface area contributed by atoms with Crippen LogP contribution in [0.15, 0.2) is 36.5 Å². The van der Waals surface area contributed by atoms with Gasteiger partial charge in [-0.3, -0.25) is 23.9 Å². The Labute approximate surface area is 222 Å². The maximum Gasteiger partial charge on any atom is 0.435 e. The van der Waals surface area contributed by atoms with E-state index in [9.17, 15) is 32.3 Å². The Hall–Kier alpha value is -4.10. The number of hydrogen-bond acceptors (Lipinski definition) is 6. The van der Waals surface area contributed by atoms with Crippen LogP contribution in [0.25, 0.3) is 0 Å². The number of para-hydroxylation sites is 1. The quantitative estimate of drug-likeness (QED) is 0.413. The monoisotopic (exact) mass is 552 g/mol. The molecule has 1 aromatic carbocycles. The third-order valence-corrected chi connectivity index (χ3v) is 5.86. The van der Waals surface area contributed by atoms with Crippen molar-refractivity contribution in [3.05, 3.63) is 47.8 Å². The molecule has 2 heterocycles. The van der Waals surface area contributed by atoms with Crippen LogP contribution in [0.5, 0.6) is 5.75 Å². The van der Waals surface area contributed by atoms with E-state index in [1.807, 2.05) is 0 Å². The van der Waals surface area contributed by atoms with Crippen LogP contribution in [0.3, 0.4) is 0 Å². The van der Waals surface area contributed by atoms with Crippen molar-refractivity contribution in [2.75, 3.05) is 19.7 Å². The summed E-state index contributed by atoms with van der Waals surface area (Å²) in [6.45, 7) is 2.29. The lowest BCUT2D eigenvalue weighted by Crippen LogP contribution is -2.49. The summed E-state index contributed by atoms with van der Waals surface area (Å²) in [5.74, 6) is -1.68. The molecule has 0 aliphatic carbocycles. The Kier molecular flexibility index (Phi) is 10.3. The average Bonchev–Trinajstić information content (AvgIpc) is 3.38. The zero-order chi connectivity index (χ0) is 28.4. The van der Waals surface area contributed by atoms with Gasteiger partial charge in [0.1, 0.15) is 17.8 Å². The van der Waals surface area contributed by atoms with E-state index in [2.05, 4.69) is 26.4 Å². The largest absolute Gasteiger partial charge is 0.493 e. The lowest BCUT2D eigenvalue weighted by Gasteiger charge is -2.21. The molecular formula is C25H31F3N6O5. The normalized spacial score (nSPS) is 19.6. The van der Waals surface area contributed by atoms with E-state index in [4.69, 9.17) is 4.74 Å². The summed E-state index contributed by atoms with van der Waals surface area (Å²) >= 11 is 0. The minimum Gasteiger partial charge on any atom is -0.493 e. The number of fused-ring (bicyclic) bond motifs is 1. The number of aryl methyl sites for hydroxylation is 1. The molecule has 1 unspecified atom stereocenters. The third kappa shape index (κ3) is 9.00. The Morgan fingerprint density at radius 2 is 1.95 bits per heavy atom. The second-order valence-corrected chi connectivity index (χ2v) is 8.95. The summed E-state index contributed by atoms with van der Waals surface area (Å²) in [5.41, 5.74) is -0.807. The Morgan fingerprint density at radius 3 is 2.69 bits per heavy atom. The molecule has 4 N–H and O–H groups in total. The molecule has 1 aliphatic rings. The number of amides is 4. The van der Waals surface area contributed by atoms with E-state index < -0.39 is 41.7 Å². The lowest BCUT2D eigenvalue weighted by atomic mass is 10.1. The molecule has 4 amide bonds. The first-order valence-electron chi connectivity index (χ1n) is 12.5. The van der Waals surface area contributed by atoms with Crippen molar-refractivity contribution in [3.63, 3.8) is 0 Å². The zero-order valence-corrected chi connectivity index (χ0v) is 21.3. The number of halogens is 3. The predicted molar refractivity (Wildman–Crippen MR) is 133 cm³/mol. The van der Waals surface area contributed by atoms with Gasteiger partial charge >= 0.3 is 6.18 Å². The van der Waals surface area contributed by atoms with E-state index in [1.165, 1.54) is 19.2 Å². The van der Waals surface area contributed by atoms with Gasteiger partial charge in [0.25, 0.3) is 5.91 Å². The number of aromatic nitrogens is 2. The van der Waals surface area contributed by atoms with Crippen molar-refractivity contribution >= 4 is 23.6 Å². The highest BCUT2D eigenvalue weighted by Gasteiger charge is 2.33. The van der Waals surface area contributed by atoms with Gasteiger partial charge in [-0.05, 0) is 44.4 Å². The van der Waals surface area contributed by atoms with Crippen LogP contribution < -0.4 is 26.0 Å². The van der Waals surface area contributed by atoms with Gasteiger partial charge in [-0.1, -0.05) is 12.1 Å². The molecule has 14 heteroatoms. The Bertz CT molecular complexity index is 1170. The van der Waals surface area contributed by atoms with Gasteiger partial charge in [0.2, 0.25) is 17.7 Å². The molecule has 3 rings (SSSR count). The third-order valence-electron chi connectivity index (χ3n) is 5.86. The van der Waals surface area contributed by atoms with Crippen LogP contribution in [0.2, 0.25) is 0 Å². The van der Waals surface area contributed by atoms with E-state index >= 15 is 0 Å². The van der Waals surface area contributed by atoms with Crippen LogP contribution in [0, 0.1) is 0 Å². The molecule has 0 saturated heterocycles. The fourth-order valence-electron chi connectivity index (χ4n) is 3.77. The summed E-state index contributed by atoms with van der Waals surface area (Å²) in [6.07, 6.45) is -2.82. The number of nitrogens with one attached hydrogen (secondary N) is 4. The molecule has 1 aliphatic heterocycles. The Morgan fingerprint density at radius 1 is 1.18 bits per heavy atom. The molecule has 11 nitrogen and oxygen atoms in total. The first kappa shape index (κ1) is 29.5. The van der Waals surface area contributed by atoms with Gasteiger partial charge in [-0.15, -0.1) is 0 Å². The number of ether oxygens (including phenoxy) is 1. The minimum atomic E-state index is -4.54. The molecule has 0 fully saturated rings. The molecule has 212 valence electrons. The number of rotatable bonds is 5. The van der Waals surface area contributed by atoms with Crippen molar-refractivity contribution in [1.29, 1.82) is 0 Å². The molecule has 2 atom stereocenters. The van der Waals surface area contributed by atoms with Crippen LogP contribution >= 0.6 is 0 Å². The first-order valence-corrected chi connectivity index (χ1v) is 12.5. The fourth-order valence-corrected chi connectivity index (χ4v) is 3.77. The number of hydrogen-bond donors (Lipinski definition) is 4. The number of benzene rings is 1. The van der Waals surface area contributed by atoms with Crippen molar-refractivity contribution in [2.45, 2.75) is 57.4 Å². The summed E-state index contributed by atoms with van der Waals surface area (Å²) in [7, 11) is 0. The van der Waals surface area contributed by atoms with Gasteiger partial charge in [0, 0.05) is 32.3 Å². The standard InChI is InChI=1S/C25H31F3N6O5/c1-16-22(36)29-12-5-15-39-19-7-3-2-6-17(19)23(37)32-18(8-9-21(35)31-16)24(38)30-11-4-13-34-14-10-20(33-34)25(26,27)28/h2-3,6-7,10,14,16,18H,4-5,8-9,11-13,15H2,1H3,(H,29,36)(H,30,38)(H,31,35)(H,32,37)/t16?,18-/m0/s1. The molecule has 0 saturated carbocycles. The van der Waals surface area contributed by atoms with Crippen LogP contribution in [-0.4, -0.2) is 65.2 Å². The van der Waals surface area contributed by atoms with Gasteiger partial charge in [-0.25, -0.2) is 0 Å². The SMILES string of the molecule is CC1NC(=O)CC[C@@H](C(=O)NCCCn2ccc(C(F)(F)F)n2)NC(=O)c2ccccc2OCCCNC1=O. The van der Waals surface area contributed by atoms with Gasteiger partial charge in [0.15, 0.2) is 5.69 Å². The summed E-state index contributed by atoms with van der Waals surface area (Å²) in [4.78, 5) is 50.6. The predicted octanol–water partition coefficient (Wildman–Crippen LogP) is 1.39. The number of carbonyl (C=O) groups is 4. The van der Waals surface area contributed by atoms with E-state index in [0.717, 1.165) is 10.7 Å². The first-order chi connectivity index (χ1) is 18.5. The maximum atomic E-state index is 13.1. The smallest absolute Gasteiger partial charge is 0.435 e. The van der Waals surface area contributed by atoms with Gasteiger partial charge in [0.05, 0.1) is 12.2 Å². The second kappa shape index (κ2) is 13.6. The van der Waals surface area contributed by atoms with Crippen LogP contribution in [0.1, 0.15) is 48.7 Å². The number of carbonyl (C=O) groups excluding carboxylic acids is 4. The average molecular weight is 553 g/mol. The minimum absolute atomic E-state index is 0.0606. The molecule has 1 aromatic heterocycles. The van der Waals surface area contributed by atoms with Crippen molar-refractivity contribution < 1.29 is 37.1 Å². The second-order valence-electron chi connectivity index (χ2n) is 8.95. The maximum absolute atomic E-state index is 13.1. The molecule has 0 radical (unpaired) electrons. The van der Waals surface area contributed by atoms with Crippen LogP contribution in [0.4, 0.5) is 13.2 Å². The molecule has 0 bridgehead atoms. The highest BCUT2D eigenvalue weighted by atomic mass is 19.4. The fraction of sp³-hybridized carbons (Fsp3) is 0.480. The Balaban J connectivity index is 1.66. The van der Waals surface area contributed by atoms with E-state index in [1.54, 1.807) is 18.2 Å². The van der Waals surface area contributed by atoms with E-state index in [0.29, 0.717) is 18.7 Å². The van der Waals surface area contributed by atoms with Crippen molar-refractivity contribution in [3.8, 4) is 5.75 Å². The van der Waals surface area contributed by atoms with Gasteiger partial charge < -0.3 is 26.0 Å². The molecule has 39 heavy (non-hydrogen) atoms. The molecular weight excluding hydrogens is 521 g/mol. The summed E-state index contributed by atoms with van der Waals surface area (Å²) in [6, 6.07) is 5.45. The number of alkyl halides is 3. The summed E-state index contributed by atoms with van der Waals surface area (Å²) < 4.78 is 45.0. The highest BCUT2D eigenvalue weighted by Crippen LogP contribution is 2.27. The van der Waals surface area contributed by atoms with Crippen molar-refractivity contribution in [1.82, 2.24) is 31.0 Å². The highest BCUT2D eigenvalue weighted by molar-refractivity contribution is 5.99. The topological polar surface area (TPSA) is 143 Å². The number of nitrogens with zero attached hydrogens (tertiary/aromatic N) is 2.